The number of carboxylic acid groups (broad SMARTS) is 1. The van der Waals surface area contributed by atoms with E-state index in [0.29, 0.717) is 13.2 Å². The van der Waals surface area contributed by atoms with Gasteiger partial charge in [-0.2, -0.15) is 0 Å². The van der Waals surface area contributed by atoms with Crippen LogP contribution in [0.3, 0.4) is 0 Å². The van der Waals surface area contributed by atoms with Gasteiger partial charge in [0.1, 0.15) is 6.54 Å². The van der Waals surface area contributed by atoms with Crippen LogP contribution in [0.15, 0.2) is 0 Å². The molecule has 20 heavy (non-hydrogen) atoms. The number of morpholine rings is 1. The molecule has 6 heteroatoms. The van der Waals surface area contributed by atoms with Crippen molar-refractivity contribution in [2.75, 3.05) is 19.7 Å². The predicted octanol–water partition coefficient (Wildman–Crippen LogP) is 1.79. The molecule has 0 aliphatic carbocycles. The summed E-state index contributed by atoms with van der Waals surface area (Å²) < 4.78 is 5.58. The van der Waals surface area contributed by atoms with Gasteiger partial charge in [-0.25, -0.2) is 4.79 Å². The number of urea groups is 1. The summed E-state index contributed by atoms with van der Waals surface area (Å²) in [7, 11) is 0. The maximum Gasteiger partial charge on any atom is 0.323 e. The van der Waals surface area contributed by atoms with Crippen LogP contribution in [0.4, 0.5) is 4.79 Å². The van der Waals surface area contributed by atoms with Crippen molar-refractivity contribution < 1.29 is 19.4 Å². The molecule has 1 aliphatic rings. The molecule has 0 aromatic rings. The molecular weight excluding hydrogens is 260 g/mol. The third kappa shape index (κ3) is 4.10. The third-order valence-electron chi connectivity index (χ3n) is 3.86. The second-order valence-electron chi connectivity index (χ2n) is 5.42. The first-order valence-corrected chi connectivity index (χ1v) is 7.31. The summed E-state index contributed by atoms with van der Waals surface area (Å²) >= 11 is 0. The van der Waals surface area contributed by atoms with Crippen molar-refractivity contribution in [3.8, 4) is 0 Å². The molecule has 0 aromatic carbocycles. The van der Waals surface area contributed by atoms with Gasteiger partial charge in [-0.05, 0) is 26.7 Å². The average molecular weight is 286 g/mol. The minimum absolute atomic E-state index is 0.00893. The Morgan fingerprint density at radius 3 is 2.60 bits per heavy atom. The van der Waals surface area contributed by atoms with Crippen LogP contribution in [0.2, 0.25) is 0 Å². The summed E-state index contributed by atoms with van der Waals surface area (Å²) in [6.07, 6.45) is 1.53. The molecule has 0 aromatic heterocycles. The van der Waals surface area contributed by atoms with Crippen molar-refractivity contribution in [3.63, 3.8) is 0 Å². The fourth-order valence-corrected chi connectivity index (χ4v) is 2.36. The molecule has 1 fully saturated rings. The predicted molar refractivity (Wildman–Crippen MR) is 75.7 cm³/mol. The minimum Gasteiger partial charge on any atom is -0.480 e. The Bertz CT molecular complexity index is 348. The molecule has 116 valence electrons. The van der Waals surface area contributed by atoms with Crippen LogP contribution in [-0.2, 0) is 9.53 Å². The topological polar surface area (TPSA) is 70.1 Å². The summed E-state index contributed by atoms with van der Waals surface area (Å²) in [6, 6.07) is -0.253. The van der Waals surface area contributed by atoms with E-state index in [2.05, 4.69) is 0 Å². The molecule has 1 heterocycles. The van der Waals surface area contributed by atoms with E-state index in [9.17, 15) is 9.59 Å². The Labute approximate surface area is 120 Å². The average Bonchev–Trinajstić information content (AvgIpc) is 2.42. The van der Waals surface area contributed by atoms with E-state index in [4.69, 9.17) is 9.84 Å². The molecule has 1 N–H and O–H groups in total. The maximum atomic E-state index is 12.7. The van der Waals surface area contributed by atoms with E-state index in [1.807, 2.05) is 27.7 Å². The number of nitrogens with zero attached hydrogens (tertiary/aromatic N) is 2. The van der Waals surface area contributed by atoms with Crippen molar-refractivity contribution >= 4 is 12.0 Å². The molecule has 0 saturated carbocycles. The maximum absolute atomic E-state index is 12.7. The van der Waals surface area contributed by atoms with Crippen molar-refractivity contribution in [1.29, 1.82) is 0 Å². The molecule has 6 nitrogen and oxygen atoms in total. The second-order valence-corrected chi connectivity index (χ2v) is 5.42. The normalized spacial score (nSPS) is 24.3. The summed E-state index contributed by atoms with van der Waals surface area (Å²) in [5.74, 6) is -0.979. The number of hydrogen-bond acceptors (Lipinski definition) is 3. The monoisotopic (exact) mass is 286 g/mol. The first kappa shape index (κ1) is 16.8. The van der Waals surface area contributed by atoms with E-state index in [0.717, 1.165) is 12.8 Å². The number of rotatable bonds is 5. The zero-order valence-corrected chi connectivity index (χ0v) is 12.8. The summed E-state index contributed by atoms with van der Waals surface area (Å²) in [5, 5.41) is 9.01. The Hall–Kier alpha value is -1.30. The van der Waals surface area contributed by atoms with Gasteiger partial charge in [0.25, 0.3) is 0 Å². The smallest absolute Gasteiger partial charge is 0.323 e. The molecule has 3 atom stereocenters. The first-order chi connectivity index (χ1) is 9.40. The van der Waals surface area contributed by atoms with Crippen LogP contribution in [-0.4, -0.2) is 64.8 Å². The first-order valence-electron chi connectivity index (χ1n) is 7.31. The minimum atomic E-state index is -0.979. The number of carboxylic acids is 1. The van der Waals surface area contributed by atoms with Crippen LogP contribution in [0.25, 0.3) is 0 Å². The van der Waals surface area contributed by atoms with Crippen molar-refractivity contribution in [2.24, 2.45) is 0 Å². The number of ether oxygens (including phenoxy) is 1. The Kier molecular flexibility index (Phi) is 6.26. The third-order valence-corrected chi connectivity index (χ3v) is 3.86. The van der Waals surface area contributed by atoms with Crippen LogP contribution < -0.4 is 0 Å². The molecule has 0 spiro atoms. The van der Waals surface area contributed by atoms with E-state index in [1.165, 1.54) is 4.90 Å². The van der Waals surface area contributed by atoms with Gasteiger partial charge in [0, 0.05) is 12.6 Å². The Morgan fingerprint density at radius 1 is 1.45 bits per heavy atom. The van der Waals surface area contributed by atoms with Crippen LogP contribution in [0.1, 0.15) is 40.5 Å². The number of hydrogen-bond donors (Lipinski definition) is 1. The van der Waals surface area contributed by atoms with E-state index in [-0.39, 0.29) is 30.8 Å². The highest BCUT2D eigenvalue weighted by atomic mass is 16.5. The van der Waals surface area contributed by atoms with Gasteiger partial charge in [0.15, 0.2) is 0 Å². The molecule has 1 saturated heterocycles. The van der Waals surface area contributed by atoms with Crippen LogP contribution in [0.5, 0.6) is 0 Å². The standard InChI is InChI=1S/C14H26N2O4/c1-5-10(3)15(8-13(17)18)14(19)16-7-11(4)20-9-12(16)6-2/h10-12H,5-9H2,1-4H3,(H,17,18). The summed E-state index contributed by atoms with van der Waals surface area (Å²) in [5.41, 5.74) is 0. The van der Waals surface area contributed by atoms with Gasteiger partial charge in [-0.1, -0.05) is 13.8 Å². The SMILES string of the molecule is CCC(C)N(CC(=O)O)C(=O)N1CC(C)OCC1CC. The quantitative estimate of drug-likeness (QED) is 0.836. The van der Waals surface area contributed by atoms with Gasteiger partial charge >= 0.3 is 12.0 Å². The van der Waals surface area contributed by atoms with Crippen LogP contribution >= 0.6 is 0 Å². The molecule has 0 bridgehead atoms. The zero-order chi connectivity index (χ0) is 15.3. The van der Waals surface area contributed by atoms with E-state index >= 15 is 0 Å². The number of carbonyl (C=O) groups excluding carboxylic acids is 1. The lowest BCUT2D eigenvalue weighted by molar-refractivity contribution is -0.138. The fraction of sp³-hybridized carbons (Fsp3) is 0.857. The van der Waals surface area contributed by atoms with Gasteiger partial charge in [0.2, 0.25) is 0 Å². The Balaban J connectivity index is 2.87. The lowest BCUT2D eigenvalue weighted by atomic mass is 10.1. The molecular formula is C14H26N2O4. The Morgan fingerprint density at radius 2 is 2.10 bits per heavy atom. The number of carbonyl (C=O) groups is 2. The highest BCUT2D eigenvalue weighted by Crippen LogP contribution is 2.18. The zero-order valence-electron chi connectivity index (χ0n) is 12.8. The number of aliphatic carboxylic acids is 1. The molecule has 1 rings (SSSR count). The van der Waals surface area contributed by atoms with Crippen molar-refractivity contribution in [2.45, 2.75) is 58.7 Å². The highest BCUT2D eigenvalue weighted by molar-refractivity contribution is 5.80. The fourth-order valence-electron chi connectivity index (χ4n) is 2.36. The lowest BCUT2D eigenvalue weighted by Crippen LogP contribution is -2.57. The van der Waals surface area contributed by atoms with E-state index < -0.39 is 5.97 Å². The van der Waals surface area contributed by atoms with Crippen molar-refractivity contribution in [1.82, 2.24) is 9.80 Å². The van der Waals surface area contributed by atoms with Crippen LogP contribution in [0, 0.1) is 0 Å². The summed E-state index contributed by atoms with van der Waals surface area (Å²) in [4.78, 5) is 26.9. The lowest BCUT2D eigenvalue weighted by Gasteiger charge is -2.42. The summed E-state index contributed by atoms with van der Waals surface area (Å²) in [6.45, 7) is 8.55. The molecule has 1 aliphatic heterocycles. The van der Waals surface area contributed by atoms with Gasteiger partial charge < -0.3 is 19.6 Å². The van der Waals surface area contributed by atoms with E-state index in [1.54, 1.807) is 4.90 Å². The second kappa shape index (κ2) is 7.47. The van der Waals surface area contributed by atoms with Gasteiger partial charge in [0.05, 0.1) is 18.8 Å². The molecule has 2 amide bonds. The molecule has 3 unspecified atom stereocenters. The molecule has 0 radical (unpaired) electrons. The largest absolute Gasteiger partial charge is 0.480 e. The van der Waals surface area contributed by atoms with Gasteiger partial charge in [-0.3, -0.25) is 4.79 Å². The van der Waals surface area contributed by atoms with Crippen molar-refractivity contribution in [3.05, 3.63) is 0 Å². The number of amides is 2. The highest BCUT2D eigenvalue weighted by Gasteiger charge is 2.34. The van der Waals surface area contributed by atoms with Gasteiger partial charge in [-0.15, -0.1) is 0 Å².